The van der Waals surface area contributed by atoms with E-state index in [0.29, 0.717) is 19.3 Å². The summed E-state index contributed by atoms with van der Waals surface area (Å²) in [5.41, 5.74) is 0. The van der Waals surface area contributed by atoms with Crippen LogP contribution in [0.25, 0.3) is 0 Å². The van der Waals surface area contributed by atoms with Gasteiger partial charge in [-0.05, 0) is 109 Å². The molecule has 6 heteroatoms. The lowest BCUT2D eigenvalue weighted by Crippen LogP contribution is -2.30. The third kappa shape index (κ3) is 59.3. The van der Waals surface area contributed by atoms with Crippen molar-refractivity contribution in [1.29, 1.82) is 0 Å². The molecular formula is C67H116O6. The van der Waals surface area contributed by atoms with E-state index in [-0.39, 0.29) is 31.1 Å². The first-order chi connectivity index (χ1) is 36.0. The van der Waals surface area contributed by atoms with Crippen LogP contribution < -0.4 is 0 Å². The highest BCUT2D eigenvalue weighted by Crippen LogP contribution is 2.16. The first kappa shape index (κ1) is 69.6. The van der Waals surface area contributed by atoms with Crippen LogP contribution in [-0.4, -0.2) is 37.2 Å². The molecular weight excluding hydrogens is 901 g/mol. The fourth-order valence-corrected chi connectivity index (χ4v) is 8.70. The molecule has 0 aliphatic carbocycles. The highest BCUT2D eigenvalue weighted by atomic mass is 16.6. The van der Waals surface area contributed by atoms with Crippen LogP contribution in [0, 0.1) is 0 Å². The van der Waals surface area contributed by atoms with Crippen molar-refractivity contribution in [3.8, 4) is 0 Å². The SMILES string of the molecule is CC/C=C\C/C=C\C/C=C\C/C=C\CCCCCCCCC(=O)OC(COC(=O)CCCCCCC/C=C\C/C=C\CCC)COC(=O)CCCCCCCCCCCCC/C=C\CCCCCCCCCC. The molecule has 0 N–H and O–H groups in total. The Balaban J connectivity index is 4.34. The molecule has 0 saturated carbocycles. The molecule has 73 heavy (non-hydrogen) atoms. The molecule has 1 unspecified atom stereocenters. The molecule has 0 radical (unpaired) electrons. The molecule has 0 aromatic heterocycles. The number of allylic oxidation sites excluding steroid dienone is 14. The van der Waals surface area contributed by atoms with Crippen LogP contribution in [0.2, 0.25) is 0 Å². The van der Waals surface area contributed by atoms with Gasteiger partial charge in [-0.25, -0.2) is 0 Å². The van der Waals surface area contributed by atoms with Crippen molar-refractivity contribution in [2.45, 2.75) is 309 Å². The zero-order valence-electron chi connectivity index (χ0n) is 48.1. The Hall–Kier alpha value is -3.41. The number of carbonyl (C=O) groups is 3. The van der Waals surface area contributed by atoms with Gasteiger partial charge in [0.25, 0.3) is 0 Å². The van der Waals surface area contributed by atoms with Gasteiger partial charge in [-0.3, -0.25) is 14.4 Å². The van der Waals surface area contributed by atoms with E-state index in [9.17, 15) is 14.4 Å². The monoisotopic (exact) mass is 1020 g/mol. The van der Waals surface area contributed by atoms with Crippen molar-refractivity contribution < 1.29 is 28.6 Å². The van der Waals surface area contributed by atoms with Crippen molar-refractivity contribution >= 4 is 17.9 Å². The van der Waals surface area contributed by atoms with Gasteiger partial charge in [-0.2, -0.15) is 0 Å². The third-order valence-corrected chi connectivity index (χ3v) is 13.3. The van der Waals surface area contributed by atoms with E-state index < -0.39 is 6.10 Å². The Kier molecular flexibility index (Phi) is 58.3. The molecule has 420 valence electrons. The molecule has 0 aromatic rings. The molecule has 0 aliphatic heterocycles. The number of esters is 3. The largest absolute Gasteiger partial charge is 0.462 e. The van der Waals surface area contributed by atoms with Crippen LogP contribution in [0.15, 0.2) is 85.1 Å². The summed E-state index contributed by atoms with van der Waals surface area (Å²) in [5.74, 6) is -0.907. The first-order valence-electron chi connectivity index (χ1n) is 31.1. The van der Waals surface area contributed by atoms with Crippen LogP contribution in [-0.2, 0) is 28.6 Å². The fourth-order valence-electron chi connectivity index (χ4n) is 8.70. The maximum absolute atomic E-state index is 12.9. The summed E-state index contributed by atoms with van der Waals surface area (Å²) in [7, 11) is 0. The smallest absolute Gasteiger partial charge is 0.306 e. The summed E-state index contributed by atoms with van der Waals surface area (Å²) in [6.45, 7) is 6.46. The van der Waals surface area contributed by atoms with E-state index in [1.165, 1.54) is 135 Å². The van der Waals surface area contributed by atoms with Crippen molar-refractivity contribution in [3.05, 3.63) is 85.1 Å². The van der Waals surface area contributed by atoms with Gasteiger partial charge in [0.15, 0.2) is 6.10 Å². The van der Waals surface area contributed by atoms with E-state index in [2.05, 4.69) is 106 Å². The minimum atomic E-state index is -0.792. The summed E-state index contributed by atoms with van der Waals surface area (Å²) in [6, 6.07) is 0. The summed E-state index contributed by atoms with van der Waals surface area (Å²) < 4.78 is 16.9. The molecule has 0 aromatic carbocycles. The zero-order valence-corrected chi connectivity index (χ0v) is 48.1. The van der Waals surface area contributed by atoms with Crippen molar-refractivity contribution in [3.63, 3.8) is 0 Å². The van der Waals surface area contributed by atoms with Crippen molar-refractivity contribution in [2.75, 3.05) is 13.2 Å². The minimum Gasteiger partial charge on any atom is -0.462 e. The van der Waals surface area contributed by atoms with Crippen LogP contribution >= 0.6 is 0 Å². The van der Waals surface area contributed by atoms with E-state index in [1.807, 2.05) is 0 Å². The quantitative estimate of drug-likeness (QED) is 0.0261. The van der Waals surface area contributed by atoms with E-state index >= 15 is 0 Å². The number of hydrogen-bond donors (Lipinski definition) is 0. The summed E-state index contributed by atoms with van der Waals surface area (Å²) in [4.78, 5) is 38.3. The van der Waals surface area contributed by atoms with Crippen LogP contribution in [0.1, 0.15) is 303 Å². The van der Waals surface area contributed by atoms with E-state index in [4.69, 9.17) is 14.2 Å². The number of hydrogen-bond acceptors (Lipinski definition) is 6. The highest BCUT2D eigenvalue weighted by Gasteiger charge is 2.19. The standard InChI is InChI=1S/C67H116O6/c1-4-7-10-13-16-19-22-25-27-29-31-32-33-34-36-37-39-42-45-48-51-54-57-60-66(69)72-63-64(62-71-65(68)59-56-53-50-47-44-41-24-21-18-15-12-9-6-3)73-67(70)61-58-55-52-49-46-43-40-38-35-30-28-26-23-20-17-14-11-8-5-2/h8,11-12,15,17,20-21,24,26,28-29,31,35,38,64H,4-7,9-10,13-14,16,18-19,22-23,25,27,30,32-34,36-37,39-63H2,1-3H3/b11-8-,15-12-,20-17-,24-21-,28-26-,31-29-,38-35-. The number of carbonyl (C=O) groups excluding carboxylic acids is 3. The van der Waals surface area contributed by atoms with Gasteiger partial charge in [0.05, 0.1) is 0 Å². The lowest BCUT2D eigenvalue weighted by Gasteiger charge is -2.18. The van der Waals surface area contributed by atoms with Gasteiger partial charge in [0.2, 0.25) is 0 Å². The average molecular weight is 1020 g/mol. The van der Waals surface area contributed by atoms with Crippen LogP contribution in [0.4, 0.5) is 0 Å². The molecule has 0 saturated heterocycles. The second kappa shape index (κ2) is 61.1. The van der Waals surface area contributed by atoms with Gasteiger partial charge >= 0.3 is 17.9 Å². The molecule has 6 nitrogen and oxygen atoms in total. The van der Waals surface area contributed by atoms with Crippen molar-refractivity contribution in [2.24, 2.45) is 0 Å². The molecule has 0 bridgehead atoms. The average Bonchev–Trinajstić information content (AvgIpc) is 3.39. The molecule has 0 amide bonds. The number of rotatable bonds is 56. The summed E-state index contributed by atoms with van der Waals surface area (Å²) in [5, 5.41) is 0. The molecule has 0 aliphatic rings. The normalized spacial score (nSPS) is 12.6. The van der Waals surface area contributed by atoms with Crippen LogP contribution in [0.3, 0.4) is 0 Å². The second-order valence-corrected chi connectivity index (χ2v) is 20.6. The Morgan fingerprint density at radius 3 is 0.904 bits per heavy atom. The molecule has 0 fully saturated rings. The predicted octanol–water partition coefficient (Wildman–Crippen LogP) is 21.1. The zero-order chi connectivity index (χ0) is 52.9. The maximum atomic E-state index is 12.9. The second-order valence-electron chi connectivity index (χ2n) is 20.6. The Morgan fingerprint density at radius 1 is 0.288 bits per heavy atom. The molecule has 1 atom stereocenters. The summed E-state index contributed by atoms with van der Waals surface area (Å²) >= 11 is 0. The van der Waals surface area contributed by atoms with Gasteiger partial charge in [-0.1, -0.05) is 260 Å². The first-order valence-corrected chi connectivity index (χ1v) is 31.1. The number of unbranched alkanes of at least 4 members (excludes halogenated alkanes) is 31. The predicted molar refractivity (Wildman–Crippen MR) is 316 cm³/mol. The third-order valence-electron chi connectivity index (χ3n) is 13.3. The van der Waals surface area contributed by atoms with E-state index in [0.717, 1.165) is 128 Å². The van der Waals surface area contributed by atoms with Crippen LogP contribution in [0.5, 0.6) is 0 Å². The highest BCUT2D eigenvalue weighted by molar-refractivity contribution is 5.71. The lowest BCUT2D eigenvalue weighted by molar-refractivity contribution is -0.167. The van der Waals surface area contributed by atoms with Gasteiger partial charge in [0, 0.05) is 19.3 Å². The number of ether oxygens (including phenoxy) is 3. The topological polar surface area (TPSA) is 78.9 Å². The summed E-state index contributed by atoms with van der Waals surface area (Å²) in [6.07, 6.45) is 80.1. The Labute approximate surface area is 452 Å². The lowest BCUT2D eigenvalue weighted by atomic mass is 10.0. The van der Waals surface area contributed by atoms with Gasteiger partial charge in [-0.15, -0.1) is 0 Å². The Morgan fingerprint density at radius 2 is 0.562 bits per heavy atom. The van der Waals surface area contributed by atoms with Gasteiger partial charge < -0.3 is 14.2 Å². The van der Waals surface area contributed by atoms with Gasteiger partial charge in [0.1, 0.15) is 13.2 Å². The molecule has 0 rings (SSSR count). The van der Waals surface area contributed by atoms with E-state index in [1.54, 1.807) is 0 Å². The Bertz CT molecular complexity index is 1400. The molecule has 0 spiro atoms. The van der Waals surface area contributed by atoms with Crippen molar-refractivity contribution in [1.82, 2.24) is 0 Å². The maximum Gasteiger partial charge on any atom is 0.306 e. The fraction of sp³-hybridized carbons (Fsp3) is 0.746. The molecule has 0 heterocycles. The minimum absolute atomic E-state index is 0.0866.